The maximum atomic E-state index is 11.0. The number of phenolic OH excluding ortho intramolecular Hbond substituents is 2. The van der Waals surface area contributed by atoms with E-state index in [9.17, 15) is 10.2 Å². The Morgan fingerprint density at radius 2 is 1.23 bits per heavy atom. The van der Waals surface area contributed by atoms with Crippen LogP contribution in [0, 0.1) is 0 Å². The summed E-state index contributed by atoms with van der Waals surface area (Å²) in [7, 11) is 0. The summed E-state index contributed by atoms with van der Waals surface area (Å²) < 4.78 is 35.3. The summed E-state index contributed by atoms with van der Waals surface area (Å²) in [6, 6.07) is 47.7. The molecule has 7 nitrogen and oxygen atoms in total. The van der Waals surface area contributed by atoms with E-state index in [2.05, 4.69) is 52.3 Å². The molecule has 0 radical (unpaired) electrons. The minimum atomic E-state index is -1.12. The number of phenols is 2. The van der Waals surface area contributed by atoms with E-state index >= 15 is 0 Å². The van der Waals surface area contributed by atoms with Crippen molar-refractivity contribution in [3.05, 3.63) is 183 Å². The molecule has 6 aromatic rings. The first-order valence-electron chi connectivity index (χ1n) is 19.2. The summed E-state index contributed by atoms with van der Waals surface area (Å²) in [5.74, 6) is 0.900. The molecule has 0 amide bonds. The molecular weight excluding hydrogens is 768 g/mol. The van der Waals surface area contributed by atoms with Gasteiger partial charge in [-0.05, 0) is 81.6 Å². The fraction of sp³-hybridized carbons (Fsp3) is 0.250. The molecule has 2 aliphatic rings. The minimum absolute atomic E-state index is 0.217. The molecule has 2 heterocycles. The van der Waals surface area contributed by atoms with Gasteiger partial charge in [0, 0.05) is 30.6 Å². The van der Waals surface area contributed by atoms with Crippen LogP contribution < -0.4 is 14.2 Å². The van der Waals surface area contributed by atoms with Crippen molar-refractivity contribution >= 4 is 15.9 Å². The first-order chi connectivity index (χ1) is 27.5. The van der Waals surface area contributed by atoms with Crippen molar-refractivity contribution in [2.75, 3.05) is 6.61 Å². The van der Waals surface area contributed by atoms with E-state index in [1.165, 1.54) is 6.07 Å². The molecule has 2 N–H and O–H groups in total. The van der Waals surface area contributed by atoms with Crippen LogP contribution in [0.4, 0.5) is 0 Å². The van der Waals surface area contributed by atoms with Crippen LogP contribution >= 0.6 is 15.9 Å². The zero-order chi connectivity index (χ0) is 38.3. The Kier molecular flexibility index (Phi) is 11.6. The predicted octanol–water partition coefficient (Wildman–Crippen LogP) is 11.0. The van der Waals surface area contributed by atoms with Gasteiger partial charge in [-0.1, -0.05) is 127 Å². The number of hydrogen-bond donors (Lipinski definition) is 2. The van der Waals surface area contributed by atoms with Gasteiger partial charge in [-0.2, -0.15) is 0 Å². The first kappa shape index (κ1) is 37.6. The number of ether oxygens (including phenoxy) is 5. The highest BCUT2D eigenvalue weighted by Gasteiger charge is 2.56. The fourth-order valence-electron chi connectivity index (χ4n) is 7.93. The van der Waals surface area contributed by atoms with Gasteiger partial charge >= 0.3 is 0 Å². The highest BCUT2D eigenvalue weighted by molar-refractivity contribution is 9.10. The van der Waals surface area contributed by atoms with E-state index < -0.39 is 18.0 Å². The van der Waals surface area contributed by atoms with Gasteiger partial charge in [0.2, 0.25) is 0 Å². The molecular formula is C48H45BrO7. The van der Waals surface area contributed by atoms with Gasteiger partial charge in [-0.3, -0.25) is 0 Å². The van der Waals surface area contributed by atoms with Gasteiger partial charge in [-0.15, -0.1) is 0 Å². The lowest BCUT2D eigenvalue weighted by Gasteiger charge is -2.52. The second kappa shape index (κ2) is 17.2. The van der Waals surface area contributed by atoms with Crippen LogP contribution in [0.25, 0.3) is 0 Å². The standard InChI is InChI=1S/C48H45BrO7/c49-45-42(54-32-36-21-11-4-12-22-36)29-41(53-31-35-19-9-3-10-20-35)44-38(27-33-15-5-1-6-16-33)48(30-34-17-7-2-8-18-34,56-43-23-13-14-26-52-43)47(55-46(44)45)37-24-25-39(50)40(51)28-37/h1-12,15-22,24-25,28-29,38,43,47,50-51H,13-14,23,26-27,30-32H2/t38?,43?,47-,48+/m1/s1. The largest absolute Gasteiger partial charge is 0.504 e. The normalized spacial score (nSPS) is 20.4. The summed E-state index contributed by atoms with van der Waals surface area (Å²) in [5, 5.41) is 21.5. The Morgan fingerprint density at radius 1 is 0.643 bits per heavy atom. The average Bonchev–Trinajstić information content (AvgIpc) is 3.24. The summed E-state index contributed by atoms with van der Waals surface area (Å²) in [5.41, 5.74) is 4.57. The van der Waals surface area contributed by atoms with Gasteiger partial charge in [0.15, 0.2) is 23.9 Å². The van der Waals surface area contributed by atoms with Gasteiger partial charge in [0.05, 0.1) is 0 Å². The van der Waals surface area contributed by atoms with Crippen LogP contribution in [0.15, 0.2) is 150 Å². The number of benzene rings is 6. The average molecular weight is 814 g/mol. The van der Waals surface area contributed by atoms with Crippen LogP contribution in [0.5, 0.6) is 28.7 Å². The lowest BCUT2D eigenvalue weighted by atomic mass is 9.68. The summed E-state index contributed by atoms with van der Waals surface area (Å²) in [4.78, 5) is 0. The number of rotatable bonds is 13. The zero-order valence-electron chi connectivity index (χ0n) is 31.1. The van der Waals surface area contributed by atoms with Crippen molar-refractivity contribution in [2.24, 2.45) is 0 Å². The van der Waals surface area contributed by atoms with Gasteiger partial charge in [0.1, 0.15) is 40.5 Å². The molecule has 8 heteroatoms. The Bertz CT molecular complexity index is 2190. The second-order valence-electron chi connectivity index (χ2n) is 14.5. The third-order valence-corrected chi connectivity index (χ3v) is 11.4. The van der Waals surface area contributed by atoms with Crippen LogP contribution in [-0.2, 0) is 35.5 Å². The molecule has 8 rings (SSSR count). The Hall–Kier alpha value is -5.28. The van der Waals surface area contributed by atoms with E-state index in [1.54, 1.807) is 12.1 Å². The lowest BCUT2D eigenvalue weighted by molar-refractivity contribution is -0.261. The molecule has 0 aliphatic carbocycles. The lowest BCUT2D eigenvalue weighted by Crippen LogP contribution is -2.55. The number of hydrogen-bond acceptors (Lipinski definition) is 7. The molecule has 0 saturated carbocycles. The molecule has 286 valence electrons. The number of aromatic hydroxyl groups is 2. The highest BCUT2D eigenvalue weighted by Crippen LogP contribution is 2.60. The number of fused-ring (bicyclic) bond motifs is 1. The Morgan fingerprint density at radius 3 is 1.82 bits per heavy atom. The summed E-state index contributed by atoms with van der Waals surface area (Å²) in [6.07, 6.45) is 2.37. The molecule has 0 spiro atoms. The molecule has 2 aliphatic heterocycles. The quantitative estimate of drug-likeness (QED) is 0.112. The monoisotopic (exact) mass is 812 g/mol. The first-order valence-corrected chi connectivity index (χ1v) is 20.0. The van der Waals surface area contributed by atoms with Gasteiger partial charge in [0.25, 0.3) is 0 Å². The predicted molar refractivity (Wildman–Crippen MR) is 219 cm³/mol. The van der Waals surface area contributed by atoms with Crippen molar-refractivity contribution in [1.82, 2.24) is 0 Å². The SMILES string of the molecule is Oc1ccc([C@H]2Oc3c(Br)c(OCc4ccccc4)cc(OCc4ccccc4)c3C(Cc3ccccc3)[C@]2(Cc2ccccc2)OC2CCCCO2)cc1O. The third kappa shape index (κ3) is 8.28. The summed E-state index contributed by atoms with van der Waals surface area (Å²) in [6.45, 7) is 1.24. The van der Waals surface area contributed by atoms with Crippen molar-refractivity contribution in [3.63, 3.8) is 0 Å². The minimum Gasteiger partial charge on any atom is -0.504 e. The van der Waals surface area contributed by atoms with E-state index in [-0.39, 0.29) is 17.4 Å². The van der Waals surface area contributed by atoms with Crippen molar-refractivity contribution in [2.45, 2.75) is 69.2 Å². The molecule has 0 bridgehead atoms. The smallest absolute Gasteiger partial charge is 0.158 e. The van der Waals surface area contributed by atoms with E-state index in [0.29, 0.717) is 59.9 Å². The van der Waals surface area contributed by atoms with E-state index in [1.807, 2.05) is 91.0 Å². The van der Waals surface area contributed by atoms with Gasteiger partial charge in [-0.25, -0.2) is 0 Å². The Labute approximate surface area is 336 Å². The van der Waals surface area contributed by atoms with Crippen molar-refractivity contribution in [1.29, 1.82) is 0 Å². The van der Waals surface area contributed by atoms with Crippen LogP contribution in [0.1, 0.15) is 64.7 Å². The zero-order valence-corrected chi connectivity index (χ0v) is 32.6. The van der Waals surface area contributed by atoms with Crippen molar-refractivity contribution < 1.29 is 33.9 Å². The Balaban J connectivity index is 1.37. The molecule has 6 aromatic carbocycles. The van der Waals surface area contributed by atoms with Crippen LogP contribution in [0.2, 0.25) is 0 Å². The van der Waals surface area contributed by atoms with Gasteiger partial charge < -0.3 is 33.9 Å². The molecule has 0 aromatic heterocycles. The third-order valence-electron chi connectivity index (χ3n) is 10.7. The fourth-order valence-corrected chi connectivity index (χ4v) is 8.47. The molecule has 1 saturated heterocycles. The van der Waals surface area contributed by atoms with Crippen LogP contribution in [-0.4, -0.2) is 28.7 Å². The molecule has 2 unspecified atom stereocenters. The topological polar surface area (TPSA) is 86.6 Å². The van der Waals surface area contributed by atoms with E-state index in [0.717, 1.165) is 47.1 Å². The number of halogens is 1. The maximum Gasteiger partial charge on any atom is 0.158 e. The molecule has 56 heavy (non-hydrogen) atoms. The maximum absolute atomic E-state index is 11.0. The van der Waals surface area contributed by atoms with Crippen molar-refractivity contribution in [3.8, 4) is 28.7 Å². The summed E-state index contributed by atoms with van der Waals surface area (Å²) >= 11 is 3.95. The van der Waals surface area contributed by atoms with E-state index in [4.69, 9.17) is 23.7 Å². The molecule has 4 atom stereocenters. The van der Waals surface area contributed by atoms with Crippen LogP contribution in [0.3, 0.4) is 0 Å². The highest BCUT2D eigenvalue weighted by atomic mass is 79.9. The second-order valence-corrected chi connectivity index (χ2v) is 15.3. The molecule has 1 fully saturated rings.